The second-order valence-electron chi connectivity index (χ2n) is 7.22. The number of cyclic esters (lactones) is 1. The predicted molar refractivity (Wildman–Crippen MR) is 115 cm³/mol. The molecule has 1 saturated heterocycles. The van der Waals surface area contributed by atoms with Crippen molar-refractivity contribution in [2.75, 3.05) is 16.8 Å². The molecule has 1 aliphatic heterocycles. The van der Waals surface area contributed by atoms with Crippen LogP contribution in [-0.2, 0) is 4.74 Å². The topological polar surface area (TPSA) is 102 Å². The summed E-state index contributed by atoms with van der Waals surface area (Å²) in [6.45, 7) is 6.04. The molecule has 9 heteroatoms. The minimum atomic E-state index is -0.438. The molecule has 4 rings (SSSR count). The first-order valence-electron chi connectivity index (χ1n) is 10.2. The van der Waals surface area contributed by atoms with Gasteiger partial charge in [-0.05, 0) is 44.5 Å². The van der Waals surface area contributed by atoms with Crippen LogP contribution in [0.1, 0.15) is 37.8 Å². The Morgan fingerprint density at radius 2 is 1.97 bits per heavy atom. The van der Waals surface area contributed by atoms with Crippen molar-refractivity contribution in [2.24, 2.45) is 0 Å². The quantitative estimate of drug-likeness (QED) is 0.604. The van der Waals surface area contributed by atoms with Gasteiger partial charge in [0.05, 0.1) is 24.0 Å². The third-order valence-corrected chi connectivity index (χ3v) is 4.91. The van der Waals surface area contributed by atoms with E-state index < -0.39 is 6.09 Å². The van der Waals surface area contributed by atoms with E-state index in [9.17, 15) is 4.79 Å². The minimum absolute atomic E-state index is 0.0848. The van der Waals surface area contributed by atoms with Crippen molar-refractivity contribution in [3.63, 3.8) is 0 Å². The number of amides is 1. The Bertz CT molecular complexity index is 1040. The van der Waals surface area contributed by atoms with Crippen molar-refractivity contribution >= 4 is 18.0 Å². The average molecular weight is 420 g/mol. The van der Waals surface area contributed by atoms with Gasteiger partial charge in [0.15, 0.2) is 0 Å². The summed E-state index contributed by atoms with van der Waals surface area (Å²) in [5, 5.41) is 3.24. The summed E-state index contributed by atoms with van der Waals surface area (Å²) in [5.74, 6) is 2.57. The Hall–Kier alpha value is -3.75. The summed E-state index contributed by atoms with van der Waals surface area (Å²) >= 11 is 0. The maximum atomic E-state index is 12.1. The van der Waals surface area contributed by atoms with Gasteiger partial charge in [-0.25, -0.2) is 9.69 Å². The van der Waals surface area contributed by atoms with E-state index in [0.29, 0.717) is 24.1 Å². The third-order valence-electron chi connectivity index (χ3n) is 4.91. The maximum absolute atomic E-state index is 12.1. The van der Waals surface area contributed by atoms with Crippen molar-refractivity contribution in [3.05, 3.63) is 60.2 Å². The zero-order valence-corrected chi connectivity index (χ0v) is 17.6. The number of benzene rings is 1. The molecule has 2 atom stereocenters. The van der Waals surface area contributed by atoms with Crippen LogP contribution >= 0.6 is 0 Å². The molecule has 0 bridgehead atoms. The molecular weight excluding hydrogens is 396 g/mol. The smallest absolute Gasteiger partial charge is 0.417 e. The van der Waals surface area contributed by atoms with Gasteiger partial charge >= 0.3 is 6.09 Å². The number of aryl methyl sites for hydroxylation is 1. The molecule has 1 aromatic carbocycles. The number of nitrogens with zero attached hydrogens (tertiary/aromatic N) is 5. The van der Waals surface area contributed by atoms with Crippen molar-refractivity contribution in [1.29, 1.82) is 0 Å². The second kappa shape index (κ2) is 8.95. The molecule has 1 amide bonds. The van der Waals surface area contributed by atoms with Crippen LogP contribution < -0.4 is 15.0 Å². The van der Waals surface area contributed by atoms with Gasteiger partial charge in [0, 0.05) is 0 Å². The van der Waals surface area contributed by atoms with E-state index in [1.807, 2.05) is 56.3 Å². The molecule has 9 nitrogen and oxygen atoms in total. The summed E-state index contributed by atoms with van der Waals surface area (Å²) in [7, 11) is 0. The number of pyridine rings is 1. The standard InChI is InChI=1S/C22H24N6O3/c1-4-16-13-30-22(29)28(16)21-26-15(3)25-20(27-21)24-14(2)19-11-10-18(12-23-19)31-17-8-6-5-7-9-17/h5-12,14,16H,4,13H2,1-3H3,(H,24,25,26,27)/t14-,16+/m1/s1. The van der Waals surface area contributed by atoms with Crippen LogP contribution in [0.2, 0.25) is 0 Å². The first-order chi connectivity index (χ1) is 15.0. The fourth-order valence-corrected chi connectivity index (χ4v) is 3.25. The van der Waals surface area contributed by atoms with E-state index in [2.05, 4.69) is 25.3 Å². The molecular formula is C22H24N6O3. The number of anilines is 2. The summed E-state index contributed by atoms with van der Waals surface area (Å²) in [5.41, 5.74) is 0.798. The fourth-order valence-electron chi connectivity index (χ4n) is 3.25. The van der Waals surface area contributed by atoms with Gasteiger partial charge in [0.25, 0.3) is 0 Å². The maximum Gasteiger partial charge on any atom is 0.417 e. The molecule has 0 aliphatic carbocycles. The van der Waals surface area contributed by atoms with Crippen LogP contribution in [0.4, 0.5) is 16.7 Å². The monoisotopic (exact) mass is 420 g/mol. The number of carbonyl (C=O) groups excluding carboxylic acids is 1. The number of nitrogens with one attached hydrogen (secondary N) is 1. The summed E-state index contributed by atoms with van der Waals surface area (Å²) in [6, 6.07) is 13.0. The molecule has 0 spiro atoms. The third kappa shape index (κ3) is 4.71. The normalized spacial score (nSPS) is 16.7. The Morgan fingerprint density at radius 3 is 2.68 bits per heavy atom. The van der Waals surface area contributed by atoms with Crippen LogP contribution in [0.3, 0.4) is 0 Å². The molecule has 1 aliphatic rings. The molecule has 3 heterocycles. The summed E-state index contributed by atoms with van der Waals surface area (Å²) < 4.78 is 10.9. The molecule has 160 valence electrons. The Morgan fingerprint density at radius 1 is 1.16 bits per heavy atom. The highest BCUT2D eigenvalue weighted by molar-refractivity contribution is 5.88. The molecule has 2 aromatic heterocycles. The van der Waals surface area contributed by atoms with Gasteiger partial charge in [-0.2, -0.15) is 15.0 Å². The van der Waals surface area contributed by atoms with Gasteiger partial charge < -0.3 is 14.8 Å². The van der Waals surface area contributed by atoms with Gasteiger partial charge in [0.2, 0.25) is 11.9 Å². The van der Waals surface area contributed by atoms with Crippen molar-refractivity contribution in [1.82, 2.24) is 19.9 Å². The second-order valence-corrected chi connectivity index (χ2v) is 7.22. The van der Waals surface area contributed by atoms with E-state index in [-0.39, 0.29) is 18.0 Å². The van der Waals surface area contributed by atoms with Crippen LogP contribution in [0.25, 0.3) is 0 Å². The number of hydrogen-bond acceptors (Lipinski definition) is 8. The highest BCUT2D eigenvalue weighted by Crippen LogP contribution is 2.25. The van der Waals surface area contributed by atoms with Crippen molar-refractivity contribution in [3.8, 4) is 11.5 Å². The molecule has 31 heavy (non-hydrogen) atoms. The van der Waals surface area contributed by atoms with Crippen molar-refractivity contribution < 1.29 is 14.3 Å². The highest BCUT2D eigenvalue weighted by Gasteiger charge is 2.35. The van der Waals surface area contributed by atoms with E-state index in [4.69, 9.17) is 9.47 Å². The minimum Gasteiger partial charge on any atom is -0.456 e. The largest absolute Gasteiger partial charge is 0.456 e. The number of hydrogen-bond donors (Lipinski definition) is 1. The zero-order chi connectivity index (χ0) is 21.8. The molecule has 0 saturated carbocycles. The molecule has 0 unspecified atom stereocenters. The highest BCUT2D eigenvalue weighted by atomic mass is 16.6. The number of rotatable bonds is 7. The van der Waals surface area contributed by atoms with E-state index in [0.717, 1.165) is 17.9 Å². The van der Waals surface area contributed by atoms with Gasteiger partial charge in [0.1, 0.15) is 23.9 Å². The van der Waals surface area contributed by atoms with E-state index in [1.54, 1.807) is 13.1 Å². The number of carbonyl (C=O) groups is 1. The molecule has 1 fully saturated rings. The average Bonchev–Trinajstić information content (AvgIpc) is 3.15. The Kier molecular flexibility index (Phi) is 5.92. The summed E-state index contributed by atoms with van der Waals surface area (Å²) in [6.07, 6.45) is 1.99. The first-order valence-corrected chi connectivity index (χ1v) is 10.2. The van der Waals surface area contributed by atoms with Gasteiger partial charge in [-0.3, -0.25) is 4.98 Å². The van der Waals surface area contributed by atoms with Crippen molar-refractivity contribution in [2.45, 2.75) is 39.3 Å². The lowest BCUT2D eigenvalue weighted by molar-refractivity contribution is 0.178. The lowest BCUT2D eigenvalue weighted by Crippen LogP contribution is -2.34. The van der Waals surface area contributed by atoms with Crippen LogP contribution in [0.15, 0.2) is 48.7 Å². The lowest BCUT2D eigenvalue weighted by Gasteiger charge is -2.19. The number of ether oxygens (including phenoxy) is 2. The van der Waals surface area contributed by atoms with Gasteiger partial charge in [-0.15, -0.1) is 0 Å². The number of aromatic nitrogens is 4. The lowest BCUT2D eigenvalue weighted by atomic mass is 10.2. The van der Waals surface area contributed by atoms with Crippen LogP contribution in [0.5, 0.6) is 11.5 Å². The SMILES string of the molecule is CC[C@H]1COC(=O)N1c1nc(C)nc(N[C@H](C)c2ccc(Oc3ccccc3)cn2)n1. The predicted octanol–water partition coefficient (Wildman–Crippen LogP) is 4.28. The van der Waals surface area contributed by atoms with Crippen LogP contribution in [0, 0.1) is 6.92 Å². The molecule has 1 N–H and O–H groups in total. The Labute approximate surface area is 180 Å². The fraction of sp³-hybridized carbons (Fsp3) is 0.318. The van der Waals surface area contributed by atoms with Crippen LogP contribution in [-0.4, -0.2) is 38.7 Å². The van der Waals surface area contributed by atoms with Gasteiger partial charge in [-0.1, -0.05) is 25.1 Å². The molecule has 3 aromatic rings. The molecule has 0 radical (unpaired) electrons. The summed E-state index contributed by atoms with van der Waals surface area (Å²) in [4.78, 5) is 31.2. The zero-order valence-electron chi connectivity index (χ0n) is 17.6. The van der Waals surface area contributed by atoms with E-state index in [1.165, 1.54) is 4.90 Å². The Balaban J connectivity index is 1.47. The van der Waals surface area contributed by atoms with E-state index >= 15 is 0 Å². The number of para-hydroxylation sites is 1. The first kappa shape index (κ1) is 20.5.